The van der Waals surface area contributed by atoms with Crippen molar-refractivity contribution in [1.29, 1.82) is 0 Å². The third-order valence-corrected chi connectivity index (χ3v) is 5.17. The number of benzene rings is 3. The highest BCUT2D eigenvalue weighted by atomic mass is 14.4. The van der Waals surface area contributed by atoms with Gasteiger partial charge in [0.05, 0.1) is 0 Å². The van der Waals surface area contributed by atoms with Crippen LogP contribution in [-0.2, 0) is 6.42 Å². The van der Waals surface area contributed by atoms with Crippen LogP contribution in [0.25, 0.3) is 11.6 Å². The number of hydrogen-bond acceptors (Lipinski definition) is 0. The molecule has 0 bridgehead atoms. The average Bonchev–Trinajstić information content (AvgIpc) is 3.36. The van der Waals surface area contributed by atoms with E-state index >= 15 is 0 Å². The van der Waals surface area contributed by atoms with Gasteiger partial charge in [-0.05, 0) is 51.8 Å². The fraction of sp³-hybridized carbons (Fsp3) is 0.130. The van der Waals surface area contributed by atoms with Crippen LogP contribution in [-0.4, -0.2) is 0 Å². The highest BCUT2D eigenvalue weighted by Gasteiger charge is 2.33. The lowest BCUT2D eigenvalue weighted by atomic mass is 9.87. The maximum atomic E-state index is 2.43. The summed E-state index contributed by atoms with van der Waals surface area (Å²) in [6, 6.07) is 26.6. The zero-order valence-corrected chi connectivity index (χ0v) is 13.0. The summed E-state index contributed by atoms with van der Waals surface area (Å²) in [5, 5.41) is 0. The van der Waals surface area contributed by atoms with E-state index in [1.807, 2.05) is 0 Å². The third kappa shape index (κ3) is 2.14. The molecule has 0 radical (unpaired) electrons. The predicted molar refractivity (Wildman–Crippen MR) is 96.5 cm³/mol. The van der Waals surface area contributed by atoms with E-state index in [0.717, 1.165) is 12.8 Å². The van der Waals surface area contributed by atoms with Crippen LogP contribution in [0.5, 0.6) is 0 Å². The smallest absolute Gasteiger partial charge is 0.0346 e. The third-order valence-electron chi connectivity index (χ3n) is 5.17. The van der Waals surface area contributed by atoms with Gasteiger partial charge < -0.3 is 0 Å². The second-order valence-electron chi connectivity index (χ2n) is 6.56. The van der Waals surface area contributed by atoms with Gasteiger partial charge in [-0.15, -0.1) is 0 Å². The number of aryl methyl sites for hydroxylation is 1. The van der Waals surface area contributed by atoms with Crippen molar-refractivity contribution in [2.24, 2.45) is 0 Å². The van der Waals surface area contributed by atoms with Crippen LogP contribution < -0.4 is 0 Å². The molecule has 0 heteroatoms. The van der Waals surface area contributed by atoms with E-state index in [1.165, 1.54) is 39.0 Å². The van der Waals surface area contributed by atoms with Gasteiger partial charge in [-0.25, -0.2) is 0 Å². The van der Waals surface area contributed by atoms with Gasteiger partial charge in [-0.1, -0.05) is 78.9 Å². The van der Waals surface area contributed by atoms with Gasteiger partial charge in [0.25, 0.3) is 0 Å². The molecule has 0 nitrogen and oxygen atoms in total. The summed E-state index contributed by atoms with van der Waals surface area (Å²) in [5.74, 6) is 0.551. The van der Waals surface area contributed by atoms with E-state index in [1.54, 1.807) is 0 Å². The number of rotatable bonds is 2. The molecule has 0 aromatic heterocycles. The van der Waals surface area contributed by atoms with E-state index in [-0.39, 0.29) is 0 Å². The lowest BCUT2D eigenvalue weighted by Gasteiger charge is -2.18. The van der Waals surface area contributed by atoms with Crippen LogP contribution in [0, 0.1) is 0 Å². The van der Waals surface area contributed by atoms with E-state index < -0.39 is 0 Å². The molecule has 0 fully saturated rings. The van der Waals surface area contributed by atoms with Crippen molar-refractivity contribution >= 4 is 11.6 Å². The number of fused-ring (bicyclic) bond motifs is 2. The van der Waals surface area contributed by atoms with Gasteiger partial charge in [-0.3, -0.25) is 0 Å². The van der Waals surface area contributed by atoms with E-state index in [9.17, 15) is 0 Å². The van der Waals surface area contributed by atoms with Crippen molar-refractivity contribution in [3.63, 3.8) is 0 Å². The molecular formula is C23H18. The summed E-state index contributed by atoms with van der Waals surface area (Å²) < 4.78 is 0. The summed E-state index contributed by atoms with van der Waals surface area (Å²) in [6.07, 6.45) is 4.66. The zero-order valence-electron chi connectivity index (χ0n) is 13.0. The average molecular weight is 294 g/mol. The van der Waals surface area contributed by atoms with Crippen LogP contribution in [0.1, 0.15) is 45.7 Å². The normalized spacial score (nSPS) is 15.6. The first-order valence-corrected chi connectivity index (χ1v) is 8.38. The van der Waals surface area contributed by atoms with Gasteiger partial charge in [0.15, 0.2) is 0 Å². The van der Waals surface area contributed by atoms with Crippen molar-refractivity contribution < 1.29 is 0 Å². The van der Waals surface area contributed by atoms with Crippen molar-refractivity contribution in [1.82, 2.24) is 0 Å². The van der Waals surface area contributed by atoms with Crippen LogP contribution in [0.15, 0.2) is 72.8 Å². The highest BCUT2D eigenvalue weighted by Crippen LogP contribution is 2.48. The molecule has 3 aromatic carbocycles. The van der Waals surface area contributed by atoms with Gasteiger partial charge in [0, 0.05) is 5.92 Å². The quantitative estimate of drug-likeness (QED) is 0.447. The molecule has 0 spiro atoms. The topological polar surface area (TPSA) is 0 Å². The Bertz CT molecular complexity index is 893. The van der Waals surface area contributed by atoms with E-state index in [0.29, 0.717) is 5.92 Å². The van der Waals surface area contributed by atoms with Crippen LogP contribution in [0.3, 0.4) is 0 Å². The summed E-state index contributed by atoms with van der Waals surface area (Å²) >= 11 is 0. The van der Waals surface area contributed by atoms with Gasteiger partial charge in [0.2, 0.25) is 0 Å². The van der Waals surface area contributed by atoms with Crippen molar-refractivity contribution in [3.05, 3.63) is 106 Å². The molecule has 3 aromatic rings. The van der Waals surface area contributed by atoms with Crippen molar-refractivity contribution in [2.75, 3.05) is 0 Å². The molecule has 2 aliphatic rings. The molecule has 0 N–H and O–H groups in total. The Morgan fingerprint density at radius 2 is 1.43 bits per heavy atom. The summed E-state index contributed by atoms with van der Waals surface area (Å²) in [4.78, 5) is 0. The predicted octanol–water partition coefficient (Wildman–Crippen LogP) is 5.67. The molecule has 5 rings (SSSR count). The molecule has 0 saturated carbocycles. The zero-order chi connectivity index (χ0) is 15.2. The van der Waals surface area contributed by atoms with Gasteiger partial charge >= 0.3 is 0 Å². The molecule has 0 heterocycles. The largest absolute Gasteiger partial charge is 0.0622 e. The molecule has 23 heavy (non-hydrogen) atoms. The summed E-state index contributed by atoms with van der Waals surface area (Å²) in [7, 11) is 0. The first kappa shape index (κ1) is 12.9. The van der Waals surface area contributed by atoms with E-state index in [2.05, 4.69) is 78.9 Å². The van der Waals surface area contributed by atoms with Crippen molar-refractivity contribution in [3.8, 4) is 0 Å². The highest BCUT2D eigenvalue weighted by molar-refractivity contribution is 5.84. The standard InChI is InChI=1S/C23H18/c1-2-6-16(7-3-1)17-10-11-19-15-20(13-12-18(19)14-17)23-21-8-4-5-9-22(21)23/h1-9,12-15,23H,10-11H2. The SMILES string of the molecule is C1=C(c2ccccc2)CCc2cc(C3c4ccccc43)ccc21. The molecule has 0 unspecified atom stereocenters. The molecule has 0 amide bonds. The Balaban J connectivity index is 1.49. The minimum absolute atomic E-state index is 0.551. The second-order valence-corrected chi connectivity index (χ2v) is 6.56. The summed E-state index contributed by atoms with van der Waals surface area (Å²) in [5.41, 5.74) is 10.2. The van der Waals surface area contributed by atoms with Crippen LogP contribution >= 0.6 is 0 Å². The Labute approximate surface area is 137 Å². The minimum Gasteiger partial charge on any atom is -0.0622 e. The first-order valence-electron chi connectivity index (χ1n) is 8.38. The molecule has 0 saturated heterocycles. The van der Waals surface area contributed by atoms with Crippen molar-refractivity contribution in [2.45, 2.75) is 18.8 Å². The maximum absolute atomic E-state index is 2.43. The monoisotopic (exact) mass is 294 g/mol. The minimum atomic E-state index is 0.551. The van der Waals surface area contributed by atoms with Gasteiger partial charge in [-0.2, -0.15) is 0 Å². The number of hydrogen-bond donors (Lipinski definition) is 0. The number of allylic oxidation sites excluding steroid dienone is 1. The van der Waals surface area contributed by atoms with E-state index in [4.69, 9.17) is 0 Å². The van der Waals surface area contributed by atoms with Crippen LogP contribution in [0.4, 0.5) is 0 Å². The first-order chi connectivity index (χ1) is 11.4. The molecular weight excluding hydrogens is 276 g/mol. The van der Waals surface area contributed by atoms with Crippen LogP contribution in [0.2, 0.25) is 0 Å². The Hall–Kier alpha value is -2.60. The lowest BCUT2D eigenvalue weighted by Crippen LogP contribution is -2.00. The maximum Gasteiger partial charge on any atom is 0.0346 e. The summed E-state index contributed by atoms with van der Waals surface area (Å²) in [6.45, 7) is 0. The Morgan fingerprint density at radius 1 is 0.696 bits per heavy atom. The Morgan fingerprint density at radius 3 is 2.22 bits per heavy atom. The lowest BCUT2D eigenvalue weighted by molar-refractivity contribution is 0.992. The fourth-order valence-corrected chi connectivity index (χ4v) is 3.89. The van der Waals surface area contributed by atoms with Gasteiger partial charge in [0.1, 0.15) is 0 Å². The molecule has 110 valence electrons. The molecule has 2 aliphatic carbocycles. The molecule has 0 aliphatic heterocycles. The Kier molecular flexibility index (Phi) is 2.78. The fourth-order valence-electron chi connectivity index (χ4n) is 3.89. The molecule has 0 atom stereocenters. The second kappa shape index (κ2) is 4.96.